The fourth-order valence-electron chi connectivity index (χ4n) is 1.64. The molecule has 4 nitrogen and oxygen atoms in total. The van der Waals surface area contributed by atoms with E-state index in [4.69, 9.17) is 0 Å². The largest absolute Gasteiger partial charge is 0.508 e. The molecule has 0 unspecified atom stereocenters. The van der Waals surface area contributed by atoms with Gasteiger partial charge >= 0.3 is 0 Å². The molecule has 1 aromatic carbocycles. The quantitative estimate of drug-likeness (QED) is 0.921. The van der Waals surface area contributed by atoms with Crippen molar-refractivity contribution in [2.24, 2.45) is 0 Å². The molecule has 0 aliphatic carbocycles. The van der Waals surface area contributed by atoms with Crippen molar-refractivity contribution in [1.29, 1.82) is 0 Å². The number of sulfonamides is 1. The molecule has 0 saturated heterocycles. The lowest BCUT2D eigenvalue weighted by molar-refractivity contribution is 0.469. The number of nitrogens with zero attached hydrogens (tertiary/aromatic N) is 1. The number of hydrogen-bond acceptors (Lipinski definition) is 4. The summed E-state index contributed by atoms with van der Waals surface area (Å²) in [5.41, 5.74) is 0. The van der Waals surface area contributed by atoms with Crippen molar-refractivity contribution >= 4 is 21.4 Å². The molecule has 102 valence electrons. The number of hydrogen-bond donors (Lipinski definition) is 1. The Hall–Kier alpha value is -1.37. The lowest BCUT2D eigenvalue weighted by Crippen LogP contribution is -2.28. The second kappa shape index (κ2) is 5.73. The van der Waals surface area contributed by atoms with Gasteiger partial charge in [-0.25, -0.2) is 12.7 Å². The lowest BCUT2D eigenvalue weighted by atomic mass is 10.3. The molecule has 0 atom stereocenters. The predicted octanol–water partition coefficient (Wildman–Crippen LogP) is 2.32. The van der Waals surface area contributed by atoms with Crippen LogP contribution in [0.1, 0.15) is 4.88 Å². The number of rotatable bonds is 5. The normalized spacial score (nSPS) is 11.9. The fourth-order valence-corrected chi connectivity index (χ4v) is 3.51. The first-order chi connectivity index (χ1) is 9.00. The van der Waals surface area contributed by atoms with Crippen LogP contribution < -0.4 is 0 Å². The van der Waals surface area contributed by atoms with E-state index in [2.05, 4.69) is 0 Å². The van der Waals surface area contributed by atoms with Gasteiger partial charge in [-0.05, 0) is 42.1 Å². The van der Waals surface area contributed by atoms with Gasteiger partial charge in [0.05, 0.1) is 4.90 Å². The molecule has 6 heteroatoms. The van der Waals surface area contributed by atoms with E-state index in [1.807, 2.05) is 17.5 Å². The minimum Gasteiger partial charge on any atom is -0.508 e. The van der Waals surface area contributed by atoms with E-state index in [1.54, 1.807) is 18.4 Å². The highest BCUT2D eigenvalue weighted by Crippen LogP contribution is 2.18. The summed E-state index contributed by atoms with van der Waals surface area (Å²) in [5.74, 6) is 0.0557. The van der Waals surface area contributed by atoms with E-state index in [0.717, 1.165) is 4.88 Å². The fraction of sp³-hybridized carbons (Fsp3) is 0.231. The standard InChI is InChI=1S/C13H15NO3S2/c1-14(9-8-12-3-2-10-18-12)19(16,17)13-6-4-11(15)5-7-13/h2-7,10,15H,8-9H2,1H3. The Balaban J connectivity index is 2.08. The molecule has 0 bridgehead atoms. The van der Waals surface area contributed by atoms with Gasteiger partial charge in [0.15, 0.2) is 0 Å². The van der Waals surface area contributed by atoms with Crippen LogP contribution in [0.15, 0.2) is 46.7 Å². The second-order valence-electron chi connectivity index (χ2n) is 4.15. The van der Waals surface area contributed by atoms with Crippen LogP contribution in [0.3, 0.4) is 0 Å². The van der Waals surface area contributed by atoms with E-state index in [0.29, 0.717) is 13.0 Å². The van der Waals surface area contributed by atoms with Crippen molar-refractivity contribution in [2.45, 2.75) is 11.3 Å². The van der Waals surface area contributed by atoms with Crippen molar-refractivity contribution in [3.05, 3.63) is 46.7 Å². The summed E-state index contributed by atoms with van der Waals surface area (Å²) in [4.78, 5) is 1.35. The van der Waals surface area contributed by atoms with Crippen LogP contribution in [-0.4, -0.2) is 31.4 Å². The van der Waals surface area contributed by atoms with Crippen LogP contribution in [0, 0.1) is 0 Å². The topological polar surface area (TPSA) is 57.6 Å². The van der Waals surface area contributed by atoms with E-state index < -0.39 is 10.0 Å². The third-order valence-corrected chi connectivity index (χ3v) is 5.61. The highest BCUT2D eigenvalue weighted by molar-refractivity contribution is 7.89. The van der Waals surface area contributed by atoms with Crippen LogP contribution in [0.4, 0.5) is 0 Å². The number of phenolic OH excluding ortho intramolecular Hbond substituents is 1. The highest BCUT2D eigenvalue weighted by atomic mass is 32.2. The molecule has 19 heavy (non-hydrogen) atoms. The van der Waals surface area contributed by atoms with Gasteiger partial charge in [0.25, 0.3) is 0 Å². The van der Waals surface area contributed by atoms with Gasteiger partial charge < -0.3 is 5.11 Å². The molecular weight excluding hydrogens is 282 g/mol. The third kappa shape index (κ3) is 3.34. The van der Waals surface area contributed by atoms with Gasteiger partial charge in [0.2, 0.25) is 10.0 Å². The summed E-state index contributed by atoms with van der Waals surface area (Å²) in [6.07, 6.45) is 0.700. The zero-order valence-corrected chi connectivity index (χ0v) is 12.1. The number of benzene rings is 1. The Kier molecular flexibility index (Phi) is 4.24. The number of thiophene rings is 1. The van der Waals surface area contributed by atoms with Gasteiger partial charge in [-0.3, -0.25) is 0 Å². The maximum atomic E-state index is 12.3. The molecule has 0 amide bonds. The molecule has 0 aliphatic rings. The average Bonchev–Trinajstić information content (AvgIpc) is 2.89. The van der Waals surface area contributed by atoms with Crippen LogP contribution in [0.2, 0.25) is 0 Å². The molecule has 1 heterocycles. The Morgan fingerprint density at radius 2 is 1.89 bits per heavy atom. The van der Waals surface area contributed by atoms with Crippen molar-refractivity contribution < 1.29 is 13.5 Å². The summed E-state index contributed by atoms with van der Waals surface area (Å²) in [6.45, 7) is 0.434. The molecule has 0 radical (unpaired) electrons. The zero-order valence-electron chi connectivity index (χ0n) is 10.5. The number of likely N-dealkylation sites (N-methyl/N-ethyl adjacent to an activating group) is 1. The number of phenols is 1. The average molecular weight is 297 g/mol. The molecule has 0 fully saturated rings. The minimum absolute atomic E-state index is 0.0557. The molecule has 0 spiro atoms. The lowest BCUT2D eigenvalue weighted by Gasteiger charge is -2.16. The van der Waals surface area contributed by atoms with Crippen LogP contribution >= 0.6 is 11.3 Å². The molecular formula is C13H15NO3S2. The van der Waals surface area contributed by atoms with Crippen LogP contribution in [0.5, 0.6) is 5.75 Å². The Bertz CT molecular complexity index is 618. The smallest absolute Gasteiger partial charge is 0.242 e. The summed E-state index contributed by atoms with van der Waals surface area (Å²) >= 11 is 1.62. The molecule has 2 rings (SSSR count). The maximum absolute atomic E-state index is 12.3. The van der Waals surface area contributed by atoms with Crippen LogP contribution in [0.25, 0.3) is 0 Å². The van der Waals surface area contributed by atoms with Crippen molar-refractivity contribution in [3.63, 3.8) is 0 Å². The SMILES string of the molecule is CN(CCc1cccs1)S(=O)(=O)c1ccc(O)cc1. The van der Waals surface area contributed by atoms with Crippen molar-refractivity contribution in [2.75, 3.05) is 13.6 Å². The maximum Gasteiger partial charge on any atom is 0.242 e. The van der Waals surface area contributed by atoms with Gasteiger partial charge in [-0.15, -0.1) is 11.3 Å². The first-order valence-corrected chi connectivity index (χ1v) is 8.10. The summed E-state index contributed by atoms with van der Waals surface area (Å²) in [7, 11) is -1.92. The molecule has 0 aliphatic heterocycles. The Labute approximate surface area is 117 Å². The Morgan fingerprint density at radius 3 is 2.47 bits per heavy atom. The van der Waals surface area contributed by atoms with Gasteiger partial charge in [0, 0.05) is 18.5 Å². The zero-order chi connectivity index (χ0) is 13.9. The van der Waals surface area contributed by atoms with Gasteiger partial charge in [-0.1, -0.05) is 6.07 Å². The minimum atomic E-state index is -3.48. The Morgan fingerprint density at radius 1 is 1.21 bits per heavy atom. The van der Waals surface area contributed by atoms with E-state index in [9.17, 15) is 13.5 Å². The summed E-state index contributed by atoms with van der Waals surface area (Å²) in [5, 5.41) is 11.2. The second-order valence-corrected chi connectivity index (χ2v) is 7.23. The van der Waals surface area contributed by atoms with E-state index in [-0.39, 0.29) is 10.6 Å². The van der Waals surface area contributed by atoms with Crippen molar-refractivity contribution in [3.8, 4) is 5.75 Å². The van der Waals surface area contributed by atoms with Crippen molar-refractivity contribution in [1.82, 2.24) is 4.31 Å². The molecule has 1 N–H and O–H groups in total. The predicted molar refractivity (Wildman–Crippen MR) is 75.9 cm³/mol. The van der Waals surface area contributed by atoms with E-state index in [1.165, 1.54) is 28.6 Å². The third-order valence-electron chi connectivity index (χ3n) is 2.80. The molecule has 1 aromatic heterocycles. The molecule has 2 aromatic rings. The van der Waals surface area contributed by atoms with Crippen LogP contribution in [-0.2, 0) is 16.4 Å². The monoisotopic (exact) mass is 297 g/mol. The van der Waals surface area contributed by atoms with E-state index >= 15 is 0 Å². The van der Waals surface area contributed by atoms with Gasteiger partial charge in [-0.2, -0.15) is 0 Å². The van der Waals surface area contributed by atoms with Gasteiger partial charge in [0.1, 0.15) is 5.75 Å². The molecule has 0 saturated carbocycles. The summed E-state index contributed by atoms with van der Waals surface area (Å²) in [6, 6.07) is 9.51. The first-order valence-electron chi connectivity index (χ1n) is 5.78. The highest BCUT2D eigenvalue weighted by Gasteiger charge is 2.20. The first kappa shape index (κ1) is 14.0. The summed E-state index contributed by atoms with van der Waals surface area (Å²) < 4.78 is 25.8. The number of aromatic hydroxyl groups is 1.